The van der Waals surface area contributed by atoms with E-state index in [-0.39, 0.29) is 5.82 Å². The summed E-state index contributed by atoms with van der Waals surface area (Å²) in [6.45, 7) is 7.14. The molecule has 1 fully saturated rings. The fourth-order valence-electron chi connectivity index (χ4n) is 5.58. The molecule has 2 aliphatic rings. The third-order valence-electron chi connectivity index (χ3n) is 7.22. The highest BCUT2D eigenvalue weighted by atomic mass is 32.2. The van der Waals surface area contributed by atoms with Crippen molar-refractivity contribution < 1.29 is 4.39 Å². The van der Waals surface area contributed by atoms with Crippen LogP contribution < -0.4 is 5.32 Å². The number of hydrogen-bond acceptors (Lipinski definition) is 3. The third-order valence-corrected chi connectivity index (χ3v) is 8.66. The number of nitrogens with zero attached hydrogens (tertiary/aromatic N) is 2. The second kappa shape index (κ2) is 9.28. The lowest BCUT2D eigenvalue weighted by Gasteiger charge is -2.46. The van der Waals surface area contributed by atoms with E-state index in [4.69, 9.17) is 12.2 Å². The molecule has 33 heavy (non-hydrogen) atoms. The number of aromatic nitrogens is 1. The quantitative estimate of drug-likeness (QED) is 0.477. The van der Waals surface area contributed by atoms with Crippen LogP contribution in [0.15, 0.2) is 52.4 Å². The van der Waals surface area contributed by atoms with E-state index in [2.05, 4.69) is 59.2 Å². The smallest absolute Gasteiger partial charge is 0.169 e. The van der Waals surface area contributed by atoms with E-state index < -0.39 is 0 Å². The van der Waals surface area contributed by atoms with Gasteiger partial charge in [0.2, 0.25) is 0 Å². The Bertz CT molecular complexity index is 1160. The van der Waals surface area contributed by atoms with Gasteiger partial charge in [-0.25, -0.2) is 4.39 Å². The molecule has 3 aromatic rings. The highest BCUT2D eigenvalue weighted by molar-refractivity contribution is 7.99. The highest BCUT2D eigenvalue weighted by Crippen LogP contribution is 2.46. The second-order valence-electron chi connectivity index (χ2n) is 9.13. The summed E-state index contributed by atoms with van der Waals surface area (Å²) in [7, 11) is 2.25. The van der Waals surface area contributed by atoms with E-state index in [0.717, 1.165) is 42.5 Å². The summed E-state index contributed by atoms with van der Waals surface area (Å²) in [6.07, 6.45) is 2.11. The number of H-pyrrole nitrogens is 1. The van der Waals surface area contributed by atoms with Crippen LogP contribution in [-0.2, 0) is 6.42 Å². The van der Waals surface area contributed by atoms with Crippen LogP contribution >= 0.6 is 24.0 Å². The molecule has 4 nitrogen and oxygen atoms in total. The molecule has 0 saturated carbocycles. The maximum atomic E-state index is 13.4. The van der Waals surface area contributed by atoms with E-state index in [1.54, 1.807) is 11.8 Å². The Labute approximate surface area is 204 Å². The van der Waals surface area contributed by atoms with Gasteiger partial charge in [-0.2, -0.15) is 0 Å². The van der Waals surface area contributed by atoms with Gasteiger partial charge in [0.25, 0.3) is 0 Å². The number of fused-ring (bicyclic) bond motifs is 2. The number of rotatable bonds is 5. The minimum Gasteiger partial charge on any atom is -0.359 e. The summed E-state index contributed by atoms with van der Waals surface area (Å²) >= 11 is 7.40. The van der Waals surface area contributed by atoms with Gasteiger partial charge in [0.15, 0.2) is 5.11 Å². The number of likely N-dealkylation sites (tertiary alicyclic amines) is 1. The van der Waals surface area contributed by atoms with Crippen molar-refractivity contribution in [1.29, 1.82) is 0 Å². The Balaban J connectivity index is 1.45. The summed E-state index contributed by atoms with van der Waals surface area (Å²) in [4.78, 5) is 9.44. The minimum absolute atomic E-state index is 0.199. The molecule has 1 saturated heterocycles. The number of aromatic amines is 1. The van der Waals surface area contributed by atoms with Crippen molar-refractivity contribution in [3.8, 4) is 0 Å². The van der Waals surface area contributed by atoms with Crippen molar-refractivity contribution in [2.45, 2.75) is 54.6 Å². The Kier molecular flexibility index (Phi) is 6.38. The molecule has 2 aromatic carbocycles. The van der Waals surface area contributed by atoms with Gasteiger partial charge in [-0.05, 0) is 87.4 Å². The van der Waals surface area contributed by atoms with Crippen LogP contribution in [-0.4, -0.2) is 58.7 Å². The van der Waals surface area contributed by atoms with E-state index in [9.17, 15) is 4.39 Å². The first-order valence-electron chi connectivity index (χ1n) is 11.8. The number of benzene rings is 2. The van der Waals surface area contributed by atoms with Gasteiger partial charge in [-0.3, -0.25) is 0 Å². The molecule has 0 bridgehead atoms. The first-order valence-corrected chi connectivity index (χ1v) is 13.0. The van der Waals surface area contributed by atoms with Gasteiger partial charge in [0, 0.05) is 53.4 Å². The van der Waals surface area contributed by atoms with E-state index in [1.807, 2.05) is 12.1 Å². The fourth-order valence-corrected chi connectivity index (χ4v) is 6.99. The number of hydrogen-bond donors (Lipinski definition) is 2. The van der Waals surface area contributed by atoms with Crippen molar-refractivity contribution in [3.05, 3.63) is 59.4 Å². The summed E-state index contributed by atoms with van der Waals surface area (Å²) < 4.78 is 13.4. The lowest BCUT2D eigenvalue weighted by molar-refractivity contribution is 0.133. The Morgan fingerprint density at radius 2 is 1.97 bits per heavy atom. The average Bonchev–Trinajstić information content (AvgIpc) is 3.15. The van der Waals surface area contributed by atoms with Gasteiger partial charge < -0.3 is 20.1 Å². The summed E-state index contributed by atoms with van der Waals surface area (Å²) in [5.74, 6) is 0.270. The number of nitrogens with one attached hydrogen (secondary N) is 2. The van der Waals surface area contributed by atoms with Crippen LogP contribution in [0, 0.1) is 5.82 Å². The van der Waals surface area contributed by atoms with Gasteiger partial charge in [-0.15, -0.1) is 0 Å². The van der Waals surface area contributed by atoms with Gasteiger partial charge in [-0.1, -0.05) is 23.9 Å². The molecule has 3 atom stereocenters. The predicted octanol–water partition coefficient (Wildman–Crippen LogP) is 5.39. The summed E-state index contributed by atoms with van der Waals surface area (Å²) in [6, 6.07) is 14.2. The molecule has 7 heteroatoms. The molecular formula is C26H31FN4S2. The van der Waals surface area contributed by atoms with Gasteiger partial charge in [0.1, 0.15) is 5.82 Å². The Hall–Kier alpha value is -2.09. The van der Waals surface area contributed by atoms with Crippen molar-refractivity contribution in [1.82, 2.24) is 20.1 Å². The molecule has 1 aliphatic heterocycles. The molecule has 0 spiro atoms. The maximum absolute atomic E-state index is 13.4. The zero-order valence-corrected chi connectivity index (χ0v) is 21.0. The Morgan fingerprint density at radius 3 is 2.70 bits per heavy atom. The second-order valence-corrected chi connectivity index (χ2v) is 10.6. The van der Waals surface area contributed by atoms with Crippen molar-refractivity contribution in [3.63, 3.8) is 0 Å². The summed E-state index contributed by atoms with van der Waals surface area (Å²) in [5, 5.41) is 7.08. The highest BCUT2D eigenvalue weighted by Gasteiger charge is 2.40. The average molecular weight is 483 g/mol. The third kappa shape index (κ3) is 4.27. The zero-order valence-electron chi connectivity index (χ0n) is 19.4. The number of halogens is 1. The van der Waals surface area contributed by atoms with Crippen molar-refractivity contribution in [2.75, 3.05) is 26.7 Å². The normalized spacial score (nSPS) is 22.2. The van der Waals surface area contributed by atoms with Crippen LogP contribution in [0.5, 0.6) is 0 Å². The molecule has 5 rings (SSSR count). The van der Waals surface area contributed by atoms with E-state index in [1.165, 1.54) is 39.2 Å². The molecule has 0 radical (unpaired) electrons. The number of thiocarbonyl (C=S) groups is 1. The van der Waals surface area contributed by atoms with Crippen molar-refractivity contribution >= 4 is 40.0 Å². The van der Waals surface area contributed by atoms with Crippen LogP contribution in [0.2, 0.25) is 0 Å². The molecule has 1 unspecified atom stereocenters. The SMILES string of the molecule is CCN(CC)C(=S)N[C@H]1CC2c3cccc4[nH]c(Sc5ccc(F)cc5)c(c34)C[C@H]2N(C)C1. The standard InChI is InChI=1S/C26H31FN4S2/c1-4-31(5-2)26(32)28-17-13-20-19-7-6-8-22-24(19)21(14-23(20)30(3)15-17)25(29-22)33-18-11-9-16(27)10-12-18/h6-12,17,20,23,29H,4-5,13-15H2,1-3H3,(H,28,32)/t17-,20?,23+/m0/s1. The van der Waals surface area contributed by atoms with Crippen molar-refractivity contribution in [2.24, 2.45) is 0 Å². The lowest BCUT2D eigenvalue weighted by atomic mass is 9.74. The van der Waals surface area contributed by atoms with Crippen LogP contribution in [0.25, 0.3) is 10.9 Å². The molecule has 1 aromatic heterocycles. The van der Waals surface area contributed by atoms with Gasteiger partial charge >= 0.3 is 0 Å². The molecule has 1 aliphatic carbocycles. The fraction of sp³-hybridized carbons (Fsp3) is 0.423. The zero-order chi connectivity index (χ0) is 23.1. The van der Waals surface area contributed by atoms with Crippen LogP contribution in [0.4, 0.5) is 4.39 Å². The Morgan fingerprint density at radius 1 is 1.21 bits per heavy atom. The van der Waals surface area contributed by atoms with Crippen LogP contribution in [0.1, 0.15) is 37.3 Å². The number of likely N-dealkylation sites (N-methyl/N-ethyl adjacent to an activating group) is 1. The first kappa shape index (κ1) is 22.7. The van der Waals surface area contributed by atoms with E-state index >= 15 is 0 Å². The maximum Gasteiger partial charge on any atom is 0.169 e. The number of piperidine rings is 1. The predicted molar refractivity (Wildman–Crippen MR) is 139 cm³/mol. The lowest BCUT2D eigenvalue weighted by Crippen LogP contribution is -2.56. The molecule has 0 amide bonds. The van der Waals surface area contributed by atoms with Gasteiger partial charge in [0.05, 0.1) is 5.03 Å². The largest absolute Gasteiger partial charge is 0.359 e. The summed E-state index contributed by atoms with van der Waals surface area (Å²) in [5.41, 5.74) is 4.03. The molecular weight excluding hydrogens is 451 g/mol. The minimum atomic E-state index is -0.199. The van der Waals surface area contributed by atoms with E-state index in [0.29, 0.717) is 18.0 Å². The molecule has 2 heterocycles. The van der Waals surface area contributed by atoms with Crippen LogP contribution in [0.3, 0.4) is 0 Å². The first-order chi connectivity index (χ1) is 16.0. The molecule has 174 valence electrons. The topological polar surface area (TPSA) is 34.3 Å². The molecule has 2 N–H and O–H groups in total. The monoisotopic (exact) mass is 482 g/mol.